The average molecular weight is 357 g/mol. The number of phenolic OH excluding ortho intramolecular Hbond substituents is 1. The number of rotatable bonds is 6. The lowest BCUT2D eigenvalue weighted by atomic mass is 10.2. The van der Waals surface area contributed by atoms with E-state index in [1.165, 1.54) is 12.1 Å². The van der Waals surface area contributed by atoms with Crippen LogP contribution >= 0.6 is 0 Å². The third kappa shape index (κ3) is 4.97. The molecule has 0 aliphatic carbocycles. The molecule has 0 saturated heterocycles. The number of para-hydroxylation sites is 2. The van der Waals surface area contributed by atoms with Crippen molar-refractivity contribution in [2.45, 2.75) is 6.92 Å². The summed E-state index contributed by atoms with van der Waals surface area (Å²) in [5.41, 5.74) is 4.64. The number of hydrogen-bond acceptors (Lipinski definition) is 5. The van der Waals surface area contributed by atoms with Crippen LogP contribution in [0.5, 0.6) is 11.5 Å². The van der Waals surface area contributed by atoms with Gasteiger partial charge in [-0.25, -0.2) is 0 Å². The van der Waals surface area contributed by atoms with Crippen molar-refractivity contribution in [3.05, 3.63) is 59.7 Å². The van der Waals surface area contributed by atoms with Crippen molar-refractivity contribution in [1.82, 2.24) is 16.2 Å². The Labute approximate surface area is 150 Å². The standard InChI is InChI=1S/C18H19N3O5/c1-2-26-15-10-6-4-8-13(15)17(24)19-11-16(23)20-21-18(25)12-7-3-5-9-14(12)22/h3-10,22H,2,11H2,1H3,(H,19,24)(H,20,23)(H,21,25). The maximum absolute atomic E-state index is 12.2. The lowest BCUT2D eigenvalue weighted by Crippen LogP contribution is -2.46. The van der Waals surface area contributed by atoms with E-state index in [4.69, 9.17) is 4.74 Å². The van der Waals surface area contributed by atoms with Crippen LogP contribution in [0.25, 0.3) is 0 Å². The highest BCUT2D eigenvalue weighted by molar-refractivity contribution is 6.00. The minimum atomic E-state index is -0.676. The zero-order valence-electron chi connectivity index (χ0n) is 14.1. The molecule has 0 unspecified atom stereocenters. The number of ether oxygens (including phenoxy) is 1. The quantitative estimate of drug-likeness (QED) is 0.575. The summed E-state index contributed by atoms with van der Waals surface area (Å²) in [6.07, 6.45) is 0. The molecular weight excluding hydrogens is 338 g/mol. The molecule has 0 heterocycles. The Hall–Kier alpha value is -3.55. The van der Waals surface area contributed by atoms with Crippen LogP contribution in [-0.2, 0) is 4.79 Å². The molecule has 8 nitrogen and oxygen atoms in total. The summed E-state index contributed by atoms with van der Waals surface area (Å²) in [5.74, 6) is -1.57. The van der Waals surface area contributed by atoms with Gasteiger partial charge in [0.1, 0.15) is 11.5 Å². The van der Waals surface area contributed by atoms with Crippen LogP contribution in [-0.4, -0.2) is 36.0 Å². The average Bonchev–Trinajstić information content (AvgIpc) is 2.65. The third-order valence-electron chi connectivity index (χ3n) is 3.31. The zero-order chi connectivity index (χ0) is 18.9. The second kappa shape index (κ2) is 9.07. The Kier molecular flexibility index (Phi) is 6.55. The Morgan fingerprint density at radius 1 is 0.923 bits per heavy atom. The van der Waals surface area contributed by atoms with E-state index >= 15 is 0 Å². The number of amides is 3. The van der Waals surface area contributed by atoms with Crippen molar-refractivity contribution in [3.63, 3.8) is 0 Å². The molecule has 4 N–H and O–H groups in total. The van der Waals surface area contributed by atoms with Gasteiger partial charge in [-0.15, -0.1) is 0 Å². The number of nitrogens with one attached hydrogen (secondary N) is 3. The molecule has 0 aliphatic heterocycles. The van der Waals surface area contributed by atoms with Gasteiger partial charge in [-0.2, -0.15) is 0 Å². The number of hydrazine groups is 1. The predicted molar refractivity (Wildman–Crippen MR) is 93.7 cm³/mol. The second-order valence-corrected chi connectivity index (χ2v) is 5.13. The van der Waals surface area contributed by atoms with E-state index in [1.807, 2.05) is 0 Å². The van der Waals surface area contributed by atoms with Crippen LogP contribution in [0.4, 0.5) is 0 Å². The molecule has 0 saturated carbocycles. The van der Waals surface area contributed by atoms with E-state index in [0.717, 1.165) is 0 Å². The molecule has 0 bridgehead atoms. The van der Waals surface area contributed by atoms with Crippen molar-refractivity contribution in [2.75, 3.05) is 13.2 Å². The Morgan fingerprint density at radius 3 is 2.27 bits per heavy atom. The van der Waals surface area contributed by atoms with E-state index in [0.29, 0.717) is 17.9 Å². The number of phenols is 1. The molecule has 0 aliphatic rings. The predicted octanol–water partition coefficient (Wildman–Crippen LogP) is 0.982. The maximum atomic E-state index is 12.2. The highest BCUT2D eigenvalue weighted by atomic mass is 16.5. The molecule has 26 heavy (non-hydrogen) atoms. The highest BCUT2D eigenvalue weighted by Gasteiger charge is 2.14. The first-order chi connectivity index (χ1) is 12.5. The van der Waals surface area contributed by atoms with Gasteiger partial charge in [0.25, 0.3) is 17.7 Å². The van der Waals surface area contributed by atoms with Gasteiger partial charge < -0.3 is 15.2 Å². The Balaban J connectivity index is 1.84. The van der Waals surface area contributed by atoms with Gasteiger partial charge in [0, 0.05) is 0 Å². The summed E-state index contributed by atoms with van der Waals surface area (Å²) >= 11 is 0. The number of carbonyl (C=O) groups excluding carboxylic acids is 3. The normalized spacial score (nSPS) is 9.88. The second-order valence-electron chi connectivity index (χ2n) is 5.13. The van der Waals surface area contributed by atoms with Gasteiger partial charge in [0.2, 0.25) is 0 Å². The van der Waals surface area contributed by atoms with Gasteiger partial charge in [0.15, 0.2) is 0 Å². The van der Waals surface area contributed by atoms with Crippen molar-refractivity contribution in [1.29, 1.82) is 0 Å². The summed E-state index contributed by atoms with van der Waals surface area (Å²) in [6, 6.07) is 12.6. The highest BCUT2D eigenvalue weighted by Crippen LogP contribution is 2.17. The van der Waals surface area contributed by atoms with Gasteiger partial charge >= 0.3 is 0 Å². The van der Waals surface area contributed by atoms with Crippen molar-refractivity contribution in [3.8, 4) is 11.5 Å². The SMILES string of the molecule is CCOc1ccccc1C(=O)NCC(=O)NNC(=O)c1ccccc1O. The smallest absolute Gasteiger partial charge is 0.273 e. The monoisotopic (exact) mass is 357 g/mol. The molecule has 0 spiro atoms. The molecule has 2 aromatic carbocycles. The zero-order valence-corrected chi connectivity index (χ0v) is 14.1. The number of carbonyl (C=O) groups is 3. The minimum Gasteiger partial charge on any atom is -0.507 e. The molecule has 0 aromatic heterocycles. The van der Waals surface area contributed by atoms with Crippen molar-refractivity contribution < 1.29 is 24.2 Å². The molecule has 8 heteroatoms. The summed E-state index contributed by atoms with van der Waals surface area (Å²) in [4.78, 5) is 35.8. The lowest BCUT2D eigenvalue weighted by molar-refractivity contribution is -0.120. The number of aromatic hydroxyl groups is 1. The molecule has 0 fully saturated rings. The van der Waals surface area contributed by atoms with Crippen LogP contribution in [0.3, 0.4) is 0 Å². The fraction of sp³-hybridized carbons (Fsp3) is 0.167. The summed E-state index contributed by atoms with van der Waals surface area (Å²) < 4.78 is 5.36. The Bertz CT molecular complexity index is 807. The van der Waals surface area contributed by atoms with E-state index in [1.54, 1.807) is 43.3 Å². The maximum Gasteiger partial charge on any atom is 0.273 e. The summed E-state index contributed by atoms with van der Waals surface area (Å²) in [5, 5.41) is 12.0. The summed E-state index contributed by atoms with van der Waals surface area (Å²) in [7, 11) is 0. The molecule has 136 valence electrons. The van der Waals surface area contributed by atoms with E-state index in [2.05, 4.69) is 16.2 Å². The lowest BCUT2D eigenvalue weighted by Gasteiger charge is -2.11. The van der Waals surface area contributed by atoms with Crippen LogP contribution in [0.1, 0.15) is 27.6 Å². The van der Waals surface area contributed by atoms with Gasteiger partial charge in [-0.05, 0) is 31.2 Å². The van der Waals surface area contributed by atoms with E-state index < -0.39 is 17.7 Å². The van der Waals surface area contributed by atoms with Crippen LogP contribution in [0, 0.1) is 0 Å². The first kappa shape index (κ1) is 18.8. The molecule has 0 atom stereocenters. The van der Waals surface area contributed by atoms with Crippen LogP contribution in [0.15, 0.2) is 48.5 Å². The van der Waals surface area contributed by atoms with E-state index in [9.17, 15) is 19.5 Å². The largest absolute Gasteiger partial charge is 0.507 e. The molecular formula is C18H19N3O5. The van der Waals surface area contributed by atoms with E-state index in [-0.39, 0.29) is 17.9 Å². The molecule has 2 aromatic rings. The third-order valence-corrected chi connectivity index (χ3v) is 3.31. The first-order valence-corrected chi connectivity index (χ1v) is 7.90. The number of hydrogen-bond donors (Lipinski definition) is 4. The van der Waals surface area contributed by atoms with Crippen LogP contribution in [0.2, 0.25) is 0 Å². The molecule has 3 amide bonds. The summed E-state index contributed by atoms with van der Waals surface area (Å²) in [6.45, 7) is 1.86. The van der Waals surface area contributed by atoms with Gasteiger partial charge in [-0.3, -0.25) is 25.2 Å². The topological polar surface area (TPSA) is 117 Å². The fourth-order valence-electron chi connectivity index (χ4n) is 2.10. The Morgan fingerprint density at radius 2 is 1.58 bits per heavy atom. The minimum absolute atomic E-state index is 0.0162. The first-order valence-electron chi connectivity index (χ1n) is 7.90. The van der Waals surface area contributed by atoms with Crippen molar-refractivity contribution in [2.24, 2.45) is 0 Å². The molecule has 0 radical (unpaired) electrons. The van der Waals surface area contributed by atoms with Gasteiger partial charge in [0.05, 0.1) is 24.3 Å². The van der Waals surface area contributed by atoms with Crippen LogP contribution < -0.4 is 20.9 Å². The molecule has 2 rings (SSSR count). The van der Waals surface area contributed by atoms with Gasteiger partial charge in [-0.1, -0.05) is 24.3 Å². The fourth-order valence-corrected chi connectivity index (χ4v) is 2.10. The number of benzene rings is 2. The van der Waals surface area contributed by atoms with Crippen molar-refractivity contribution >= 4 is 17.7 Å².